The molecule has 0 heterocycles. The van der Waals surface area contributed by atoms with E-state index in [-0.39, 0.29) is 12.6 Å². The smallest absolute Gasteiger partial charge is 0.173 e. The maximum atomic E-state index is 9.72. The average molecular weight is 492 g/mol. The normalized spacial score (nSPS) is 17.4. The van der Waals surface area contributed by atoms with Crippen LogP contribution in [0.4, 0.5) is 0 Å². The quantitative estimate of drug-likeness (QED) is 0.203. The maximum absolute atomic E-state index is 9.72. The molecule has 4 unspecified atom stereocenters. The molecule has 0 bridgehead atoms. The van der Waals surface area contributed by atoms with Crippen LogP contribution in [0.2, 0.25) is 38.3 Å². The summed E-state index contributed by atoms with van der Waals surface area (Å²) in [4.78, 5) is 2.27. The van der Waals surface area contributed by atoms with E-state index in [4.69, 9.17) is 4.12 Å². The number of quaternary nitrogens is 1. The van der Waals surface area contributed by atoms with E-state index in [1.807, 2.05) is 0 Å². The zero-order valence-corrected chi connectivity index (χ0v) is 25.7. The molecule has 0 saturated heterocycles. The van der Waals surface area contributed by atoms with E-state index in [9.17, 15) is 5.11 Å². The average Bonchev–Trinajstić information content (AvgIpc) is 2.58. The lowest BCUT2D eigenvalue weighted by Crippen LogP contribution is -2.50. The van der Waals surface area contributed by atoms with Crippen LogP contribution in [-0.4, -0.2) is 111 Å². The summed E-state index contributed by atoms with van der Waals surface area (Å²) >= 11 is 0. The van der Waals surface area contributed by atoms with E-state index in [1.54, 1.807) is 0 Å². The van der Waals surface area contributed by atoms with Gasteiger partial charge in [0.1, 0.15) is 0 Å². The van der Waals surface area contributed by atoms with Gasteiger partial charge in [-0.25, -0.2) is 0 Å². The summed E-state index contributed by atoms with van der Waals surface area (Å²) in [5.74, 6) is 1.19. The SMILES string of the molecule is CCC(CN(C)C)NCC(C)C[Si](C)(C)O[Si](C)(C)CC(C)CNC(CO)C[N+](C)(C)C. The van der Waals surface area contributed by atoms with Gasteiger partial charge >= 0.3 is 0 Å². The van der Waals surface area contributed by atoms with Crippen molar-refractivity contribution >= 4 is 16.6 Å². The van der Waals surface area contributed by atoms with Gasteiger partial charge in [-0.3, -0.25) is 0 Å². The Bertz CT molecular complexity index is 499. The highest BCUT2D eigenvalue weighted by molar-refractivity contribution is 6.84. The van der Waals surface area contributed by atoms with Gasteiger partial charge in [-0.1, -0.05) is 20.8 Å². The van der Waals surface area contributed by atoms with Crippen molar-refractivity contribution in [2.24, 2.45) is 11.8 Å². The van der Waals surface area contributed by atoms with Crippen LogP contribution in [0.5, 0.6) is 0 Å². The third kappa shape index (κ3) is 16.8. The standard InChI is InChI=1S/C24H59N4O2Si2/c1-13-23(16-27(4)5)25-14-21(2)19-31(9,10)30-32(11,12)20-22(3)15-26-24(18-29)17-28(6,7)8/h21-26,29H,13-20H2,1-12H3/q+1. The van der Waals surface area contributed by atoms with Crippen molar-refractivity contribution in [1.29, 1.82) is 0 Å². The molecule has 4 atom stereocenters. The molecule has 194 valence electrons. The van der Waals surface area contributed by atoms with E-state index < -0.39 is 16.6 Å². The first-order valence-electron chi connectivity index (χ1n) is 12.7. The first-order valence-corrected chi connectivity index (χ1v) is 18.9. The van der Waals surface area contributed by atoms with Gasteiger partial charge in [-0.2, -0.15) is 0 Å². The van der Waals surface area contributed by atoms with Gasteiger partial charge in [0.25, 0.3) is 0 Å². The van der Waals surface area contributed by atoms with Crippen molar-refractivity contribution in [3.8, 4) is 0 Å². The molecular formula is C24H59N4O2Si2+. The second-order valence-electron chi connectivity index (χ2n) is 12.8. The Balaban J connectivity index is 4.58. The van der Waals surface area contributed by atoms with Gasteiger partial charge in [0, 0.05) is 12.6 Å². The summed E-state index contributed by atoms with van der Waals surface area (Å²) in [7, 11) is 7.35. The second kappa shape index (κ2) is 14.6. The zero-order valence-electron chi connectivity index (χ0n) is 23.7. The van der Waals surface area contributed by atoms with Crippen LogP contribution in [-0.2, 0) is 4.12 Å². The van der Waals surface area contributed by atoms with Gasteiger partial charge < -0.3 is 29.2 Å². The number of nitrogens with one attached hydrogen (secondary N) is 2. The number of hydrogen-bond donors (Lipinski definition) is 3. The third-order valence-electron chi connectivity index (χ3n) is 5.81. The highest BCUT2D eigenvalue weighted by Gasteiger charge is 2.35. The molecule has 3 N–H and O–H groups in total. The predicted molar refractivity (Wildman–Crippen MR) is 146 cm³/mol. The largest absolute Gasteiger partial charge is 0.455 e. The van der Waals surface area contributed by atoms with Gasteiger partial charge in [-0.05, 0) is 83.7 Å². The molecule has 0 aliphatic heterocycles. The lowest BCUT2D eigenvalue weighted by molar-refractivity contribution is -0.871. The number of hydrogen-bond acceptors (Lipinski definition) is 5. The second-order valence-corrected chi connectivity index (χ2v) is 21.4. The monoisotopic (exact) mass is 491 g/mol. The molecule has 0 amide bonds. The molecule has 0 radical (unpaired) electrons. The van der Waals surface area contributed by atoms with E-state index in [0.717, 1.165) is 36.7 Å². The van der Waals surface area contributed by atoms with E-state index in [2.05, 4.69) is 97.7 Å². The Labute approximate surface area is 203 Å². The Hall–Kier alpha value is 0.194. The van der Waals surface area contributed by atoms with Crippen molar-refractivity contribution in [3.63, 3.8) is 0 Å². The summed E-state index contributed by atoms with van der Waals surface area (Å²) in [5, 5.41) is 17.1. The molecule has 0 saturated carbocycles. The summed E-state index contributed by atoms with van der Waals surface area (Å²) in [5.41, 5.74) is 0. The molecule has 6 nitrogen and oxygen atoms in total. The highest BCUT2D eigenvalue weighted by atomic mass is 28.4. The Morgan fingerprint density at radius 3 is 1.66 bits per heavy atom. The van der Waals surface area contributed by atoms with Crippen molar-refractivity contribution < 1.29 is 13.7 Å². The first-order chi connectivity index (χ1) is 14.5. The minimum atomic E-state index is -1.74. The highest BCUT2D eigenvalue weighted by Crippen LogP contribution is 2.27. The van der Waals surface area contributed by atoms with E-state index >= 15 is 0 Å². The van der Waals surface area contributed by atoms with Crippen LogP contribution in [0, 0.1) is 11.8 Å². The molecule has 0 rings (SSSR count). The number of likely N-dealkylation sites (N-methyl/N-ethyl adjacent to an activating group) is 2. The van der Waals surface area contributed by atoms with Crippen LogP contribution < -0.4 is 10.6 Å². The van der Waals surface area contributed by atoms with Crippen LogP contribution >= 0.6 is 0 Å². The number of aliphatic hydroxyl groups is 1. The summed E-state index contributed by atoms with van der Waals surface area (Å²) in [6, 6.07) is 3.09. The molecule has 0 fully saturated rings. The van der Waals surface area contributed by atoms with Gasteiger partial charge in [0.15, 0.2) is 16.6 Å². The van der Waals surface area contributed by atoms with E-state index in [1.165, 1.54) is 12.5 Å². The van der Waals surface area contributed by atoms with Crippen LogP contribution in [0.15, 0.2) is 0 Å². The minimum absolute atomic E-state index is 0.154. The molecule has 0 spiro atoms. The number of rotatable bonds is 18. The van der Waals surface area contributed by atoms with Crippen molar-refractivity contribution in [2.45, 2.75) is 77.6 Å². The fourth-order valence-corrected chi connectivity index (χ4v) is 15.3. The van der Waals surface area contributed by atoms with E-state index in [0.29, 0.717) is 17.9 Å². The predicted octanol–water partition coefficient (Wildman–Crippen LogP) is 3.27. The lowest BCUT2D eigenvalue weighted by Gasteiger charge is -2.37. The van der Waals surface area contributed by atoms with Gasteiger partial charge in [0.2, 0.25) is 0 Å². The molecule has 32 heavy (non-hydrogen) atoms. The molecule has 0 aromatic heterocycles. The topological polar surface area (TPSA) is 56.8 Å². The Kier molecular flexibility index (Phi) is 14.6. The van der Waals surface area contributed by atoms with Crippen LogP contribution in [0.3, 0.4) is 0 Å². The van der Waals surface area contributed by atoms with Crippen molar-refractivity contribution in [1.82, 2.24) is 15.5 Å². The lowest BCUT2D eigenvalue weighted by atomic mass is 10.1. The molecule has 0 aliphatic carbocycles. The third-order valence-corrected chi connectivity index (χ3v) is 13.6. The number of aliphatic hydroxyl groups excluding tert-OH is 1. The van der Waals surface area contributed by atoms with Crippen LogP contribution in [0.25, 0.3) is 0 Å². The van der Waals surface area contributed by atoms with Crippen molar-refractivity contribution in [2.75, 3.05) is 68.0 Å². The minimum Gasteiger partial charge on any atom is -0.455 e. The molecular weight excluding hydrogens is 432 g/mol. The first kappa shape index (κ1) is 32.2. The Morgan fingerprint density at radius 2 is 1.31 bits per heavy atom. The van der Waals surface area contributed by atoms with Crippen LogP contribution in [0.1, 0.15) is 27.2 Å². The fraction of sp³-hybridized carbons (Fsp3) is 1.00. The number of nitrogens with zero attached hydrogens (tertiary/aromatic N) is 2. The molecule has 0 aromatic carbocycles. The maximum Gasteiger partial charge on any atom is 0.173 e. The molecule has 8 heteroatoms. The zero-order chi connectivity index (χ0) is 25.2. The molecule has 0 aromatic rings. The Morgan fingerprint density at radius 1 is 0.875 bits per heavy atom. The van der Waals surface area contributed by atoms with Gasteiger partial charge in [0.05, 0.1) is 40.3 Å². The molecule has 0 aliphatic rings. The van der Waals surface area contributed by atoms with Crippen molar-refractivity contribution in [3.05, 3.63) is 0 Å². The fourth-order valence-electron chi connectivity index (χ4n) is 5.02. The van der Waals surface area contributed by atoms with Gasteiger partial charge in [-0.15, -0.1) is 0 Å². The summed E-state index contributed by atoms with van der Waals surface area (Å²) in [6.07, 6.45) is 1.17. The summed E-state index contributed by atoms with van der Waals surface area (Å²) in [6.45, 7) is 20.8. The summed E-state index contributed by atoms with van der Waals surface area (Å²) < 4.78 is 7.80.